The van der Waals surface area contributed by atoms with E-state index in [0.717, 1.165) is 54.7 Å². The minimum Gasteiger partial charge on any atom is -0.484 e. The molecule has 1 saturated heterocycles. The second-order valence-corrected chi connectivity index (χ2v) is 9.24. The molecule has 9 heteroatoms. The molecule has 1 aliphatic heterocycles. The summed E-state index contributed by atoms with van der Waals surface area (Å²) in [6.07, 6.45) is 0.778. The molecule has 6 nitrogen and oxygen atoms in total. The van der Waals surface area contributed by atoms with Crippen LogP contribution in [-0.2, 0) is 9.53 Å². The van der Waals surface area contributed by atoms with Crippen molar-refractivity contribution in [3.63, 3.8) is 0 Å². The summed E-state index contributed by atoms with van der Waals surface area (Å²) in [6, 6.07) is 18.6. The molecule has 184 valence electrons. The lowest BCUT2D eigenvalue weighted by Crippen LogP contribution is -2.40. The second kappa shape index (κ2) is 11.8. The topological polar surface area (TPSA) is 54.9 Å². The van der Waals surface area contributed by atoms with Crippen LogP contribution in [0.25, 0.3) is 21.0 Å². The number of aromatic nitrogens is 1. The number of ether oxygens (including phenoxy) is 2. The smallest absolute Gasteiger partial charge is 0.266 e. The van der Waals surface area contributed by atoms with Gasteiger partial charge in [0.15, 0.2) is 11.7 Å². The minimum atomic E-state index is -0.381. The molecule has 3 aromatic carbocycles. The Hall–Kier alpha value is -2.78. The highest BCUT2D eigenvalue weighted by atomic mass is 35.5. The van der Waals surface area contributed by atoms with Gasteiger partial charge in [-0.05, 0) is 41.5 Å². The summed E-state index contributed by atoms with van der Waals surface area (Å²) in [5.74, 6) is 0.0541. The molecule has 4 aromatic rings. The van der Waals surface area contributed by atoms with Gasteiger partial charge in [-0.25, -0.2) is 9.37 Å². The second-order valence-electron chi connectivity index (χ2n) is 8.23. The molecule has 0 bridgehead atoms. The standard InChI is InChI=1S/C26H26FN3O3S.ClH/c27-22-7-3-8-23-25(22)28-26(34-23)30(12-4-11-29-13-15-32-16-14-29)24(31)18-33-21-10-9-19-5-1-2-6-20(19)17-21;/h1-3,5-10,17H,4,11-16,18H2;1H. The van der Waals surface area contributed by atoms with Gasteiger partial charge in [0.05, 0.1) is 17.9 Å². The fourth-order valence-electron chi connectivity index (χ4n) is 4.10. The van der Waals surface area contributed by atoms with Crippen LogP contribution in [0.15, 0.2) is 60.7 Å². The minimum absolute atomic E-state index is 0. The van der Waals surface area contributed by atoms with Gasteiger partial charge < -0.3 is 9.47 Å². The van der Waals surface area contributed by atoms with Crippen molar-refractivity contribution in [2.45, 2.75) is 6.42 Å². The molecule has 0 unspecified atom stereocenters. The van der Waals surface area contributed by atoms with Crippen molar-refractivity contribution in [1.82, 2.24) is 9.88 Å². The van der Waals surface area contributed by atoms with Crippen molar-refractivity contribution >= 4 is 55.8 Å². The Kier molecular flexibility index (Phi) is 8.51. The number of thiazole rings is 1. The first-order chi connectivity index (χ1) is 16.7. The number of nitrogens with zero attached hydrogens (tertiary/aromatic N) is 3. The van der Waals surface area contributed by atoms with E-state index in [1.807, 2.05) is 48.5 Å². The summed E-state index contributed by atoms with van der Waals surface area (Å²) < 4.78 is 26.2. The van der Waals surface area contributed by atoms with Gasteiger partial charge in [0.25, 0.3) is 5.91 Å². The van der Waals surface area contributed by atoms with Crippen molar-refractivity contribution in [3.8, 4) is 5.75 Å². The number of morpholine rings is 1. The Bertz CT molecular complexity index is 1300. The van der Waals surface area contributed by atoms with E-state index in [2.05, 4.69) is 9.88 Å². The number of rotatable bonds is 8. The number of hydrogen-bond acceptors (Lipinski definition) is 6. The maximum absolute atomic E-state index is 14.3. The Morgan fingerprint density at radius 1 is 1.09 bits per heavy atom. The average Bonchev–Trinajstić information content (AvgIpc) is 3.31. The van der Waals surface area contributed by atoms with Crippen LogP contribution in [0.1, 0.15) is 6.42 Å². The number of hydrogen-bond donors (Lipinski definition) is 0. The van der Waals surface area contributed by atoms with E-state index in [-0.39, 0.29) is 30.7 Å². The molecule has 2 heterocycles. The Labute approximate surface area is 213 Å². The predicted octanol–water partition coefficient (Wildman–Crippen LogP) is 5.14. The molecule has 1 aromatic heterocycles. The molecule has 0 atom stereocenters. The maximum atomic E-state index is 14.3. The number of halogens is 2. The lowest BCUT2D eigenvalue weighted by atomic mass is 10.1. The van der Waals surface area contributed by atoms with E-state index < -0.39 is 0 Å². The van der Waals surface area contributed by atoms with Crippen molar-refractivity contribution < 1.29 is 18.7 Å². The van der Waals surface area contributed by atoms with Gasteiger partial charge in [-0.15, -0.1) is 12.4 Å². The van der Waals surface area contributed by atoms with Gasteiger partial charge in [-0.2, -0.15) is 0 Å². The van der Waals surface area contributed by atoms with Crippen molar-refractivity contribution in [1.29, 1.82) is 0 Å². The SMILES string of the molecule is Cl.O=C(COc1ccc2ccccc2c1)N(CCCN1CCOCC1)c1nc2c(F)cccc2s1. The molecular weight excluding hydrogens is 489 g/mol. The third kappa shape index (κ3) is 6.08. The van der Waals surface area contributed by atoms with E-state index in [9.17, 15) is 9.18 Å². The average molecular weight is 516 g/mol. The molecule has 35 heavy (non-hydrogen) atoms. The normalized spacial score (nSPS) is 14.1. The predicted molar refractivity (Wildman–Crippen MR) is 140 cm³/mol. The van der Waals surface area contributed by atoms with Gasteiger partial charge >= 0.3 is 0 Å². The maximum Gasteiger partial charge on any atom is 0.266 e. The van der Waals surface area contributed by atoms with E-state index >= 15 is 0 Å². The fraction of sp³-hybridized carbons (Fsp3) is 0.308. The number of anilines is 1. The molecule has 0 radical (unpaired) electrons. The molecular formula is C26H27ClFN3O3S. The van der Waals surface area contributed by atoms with Gasteiger partial charge in [0, 0.05) is 26.2 Å². The van der Waals surface area contributed by atoms with Crippen LogP contribution in [0.4, 0.5) is 9.52 Å². The van der Waals surface area contributed by atoms with Crippen LogP contribution in [0.3, 0.4) is 0 Å². The van der Waals surface area contributed by atoms with E-state index in [1.54, 1.807) is 11.0 Å². The first kappa shape index (κ1) is 25.3. The quantitative estimate of drug-likeness (QED) is 0.325. The number of amides is 1. The molecule has 0 N–H and O–H groups in total. The summed E-state index contributed by atoms with van der Waals surface area (Å²) in [7, 11) is 0. The number of fused-ring (bicyclic) bond motifs is 2. The zero-order valence-electron chi connectivity index (χ0n) is 19.2. The first-order valence-electron chi connectivity index (χ1n) is 11.4. The van der Waals surface area contributed by atoms with Crippen LogP contribution in [0, 0.1) is 5.82 Å². The summed E-state index contributed by atoms with van der Waals surface area (Å²) in [6.45, 7) is 4.49. The van der Waals surface area contributed by atoms with Crippen molar-refractivity contribution in [3.05, 3.63) is 66.5 Å². The fourth-order valence-corrected chi connectivity index (χ4v) is 5.13. The zero-order valence-corrected chi connectivity index (χ0v) is 20.8. The Morgan fingerprint density at radius 2 is 1.89 bits per heavy atom. The van der Waals surface area contributed by atoms with E-state index in [4.69, 9.17) is 9.47 Å². The van der Waals surface area contributed by atoms with Gasteiger partial charge in [-0.1, -0.05) is 47.7 Å². The van der Waals surface area contributed by atoms with Gasteiger partial charge in [-0.3, -0.25) is 14.6 Å². The lowest BCUT2D eigenvalue weighted by Gasteiger charge is -2.27. The number of carbonyl (C=O) groups is 1. The summed E-state index contributed by atoms with van der Waals surface area (Å²) in [5.41, 5.74) is 0.295. The third-order valence-electron chi connectivity index (χ3n) is 5.93. The summed E-state index contributed by atoms with van der Waals surface area (Å²) >= 11 is 1.32. The Morgan fingerprint density at radius 3 is 2.69 bits per heavy atom. The first-order valence-corrected chi connectivity index (χ1v) is 12.3. The van der Waals surface area contributed by atoms with Gasteiger partial charge in [0.1, 0.15) is 17.1 Å². The highest BCUT2D eigenvalue weighted by Gasteiger charge is 2.22. The molecule has 0 saturated carbocycles. The highest BCUT2D eigenvalue weighted by Crippen LogP contribution is 2.30. The summed E-state index contributed by atoms with van der Waals surface area (Å²) in [4.78, 5) is 21.7. The van der Waals surface area contributed by atoms with Crippen LogP contribution in [-0.4, -0.2) is 61.8 Å². The number of benzene rings is 3. The molecule has 1 amide bonds. The van der Waals surface area contributed by atoms with E-state index in [0.29, 0.717) is 22.9 Å². The van der Waals surface area contributed by atoms with Crippen molar-refractivity contribution in [2.24, 2.45) is 0 Å². The molecule has 1 fully saturated rings. The summed E-state index contributed by atoms with van der Waals surface area (Å²) in [5, 5.41) is 2.66. The lowest BCUT2D eigenvalue weighted by molar-refractivity contribution is -0.120. The zero-order chi connectivity index (χ0) is 23.3. The van der Waals surface area contributed by atoms with Crippen molar-refractivity contribution in [2.75, 3.05) is 50.9 Å². The van der Waals surface area contributed by atoms with Crippen LogP contribution in [0.2, 0.25) is 0 Å². The Balaban J connectivity index is 0.00000289. The third-order valence-corrected chi connectivity index (χ3v) is 6.98. The van der Waals surface area contributed by atoms with Crippen LogP contribution < -0.4 is 9.64 Å². The monoisotopic (exact) mass is 515 g/mol. The number of para-hydroxylation sites is 1. The molecule has 0 aliphatic carbocycles. The van der Waals surface area contributed by atoms with Gasteiger partial charge in [0.2, 0.25) is 0 Å². The van der Waals surface area contributed by atoms with E-state index in [1.165, 1.54) is 17.4 Å². The van der Waals surface area contributed by atoms with Crippen LogP contribution in [0.5, 0.6) is 5.75 Å². The van der Waals surface area contributed by atoms with Crippen LogP contribution >= 0.6 is 23.7 Å². The largest absolute Gasteiger partial charge is 0.484 e. The molecule has 0 spiro atoms. The molecule has 1 aliphatic rings. The highest BCUT2D eigenvalue weighted by molar-refractivity contribution is 7.22. The number of carbonyl (C=O) groups excluding carboxylic acids is 1. The molecule has 5 rings (SSSR count).